The van der Waals surface area contributed by atoms with Crippen LogP contribution in [0.15, 0.2) is 58.3 Å². The largest absolute Gasteiger partial charge is 0.436 e. The fourth-order valence-corrected chi connectivity index (χ4v) is 2.82. The van der Waals surface area contributed by atoms with Crippen molar-refractivity contribution in [2.45, 2.75) is 13.8 Å². The van der Waals surface area contributed by atoms with Crippen molar-refractivity contribution in [3.8, 4) is 0 Å². The van der Waals surface area contributed by atoms with Crippen molar-refractivity contribution in [1.29, 1.82) is 0 Å². The van der Waals surface area contributed by atoms with E-state index in [1.54, 1.807) is 18.2 Å². The van der Waals surface area contributed by atoms with E-state index in [2.05, 4.69) is 34.3 Å². The molecule has 3 N–H and O–H groups in total. The summed E-state index contributed by atoms with van der Waals surface area (Å²) in [4.78, 5) is 30.0. The van der Waals surface area contributed by atoms with Crippen molar-refractivity contribution in [3.05, 3.63) is 65.5 Å². The lowest BCUT2D eigenvalue weighted by Crippen LogP contribution is -2.27. The zero-order chi connectivity index (χ0) is 20.1. The molecule has 0 bridgehead atoms. The van der Waals surface area contributed by atoms with Crippen molar-refractivity contribution in [3.63, 3.8) is 0 Å². The number of carbonyl (C=O) groups excluding carboxylic acids is 2. The van der Waals surface area contributed by atoms with Crippen LogP contribution in [0, 0.1) is 0 Å². The smallest absolute Gasteiger partial charge is 0.271 e. The summed E-state index contributed by atoms with van der Waals surface area (Å²) in [6.07, 6.45) is 3.00. The summed E-state index contributed by atoms with van der Waals surface area (Å²) in [5.41, 5.74) is 9.76. The van der Waals surface area contributed by atoms with Crippen LogP contribution in [0.3, 0.4) is 0 Å². The lowest BCUT2D eigenvalue weighted by molar-refractivity contribution is 0.0946. The molecule has 0 saturated heterocycles. The summed E-state index contributed by atoms with van der Waals surface area (Å²) in [7, 11) is 0. The quantitative estimate of drug-likeness (QED) is 0.636. The Morgan fingerprint density at radius 1 is 1.14 bits per heavy atom. The number of nitrogens with two attached hydrogens (primary N) is 1. The Morgan fingerprint density at radius 2 is 1.86 bits per heavy atom. The van der Waals surface area contributed by atoms with Gasteiger partial charge in [0.25, 0.3) is 11.8 Å². The van der Waals surface area contributed by atoms with Gasteiger partial charge >= 0.3 is 0 Å². The van der Waals surface area contributed by atoms with Gasteiger partial charge in [0.2, 0.25) is 5.55 Å². The number of hydrogen-bond acceptors (Lipinski definition) is 6. The molecule has 0 atom stereocenters. The number of anilines is 1. The third kappa shape index (κ3) is 4.01. The van der Waals surface area contributed by atoms with E-state index >= 15 is 0 Å². The molecule has 2 heterocycles. The number of carbonyl (C=O) groups is 2. The van der Waals surface area contributed by atoms with Crippen LogP contribution in [0.2, 0.25) is 0 Å². The summed E-state index contributed by atoms with van der Waals surface area (Å²) in [6.45, 7) is 5.83. The highest BCUT2D eigenvalue weighted by Crippen LogP contribution is 2.21. The predicted molar refractivity (Wildman–Crippen MR) is 106 cm³/mol. The molecular weight excluding hydrogens is 358 g/mol. The van der Waals surface area contributed by atoms with Crippen LogP contribution in [-0.2, 0) is 0 Å². The Hall–Kier alpha value is -3.68. The Bertz CT molecular complexity index is 1070. The average molecular weight is 379 g/mol. The standard InChI is InChI=1S/C20H21N5O3/c1-3-25(4-2)15-6-5-14-11-16(18(21)26)20(28-17(14)12-15)24-23-19(27)13-7-9-22-10-8-13/h5-12H,3-4H2,1-2H3,(H2,21,26)(H,23,27). The van der Waals surface area contributed by atoms with E-state index in [1.165, 1.54) is 12.4 Å². The number of pyridine rings is 1. The first-order valence-corrected chi connectivity index (χ1v) is 8.90. The van der Waals surface area contributed by atoms with Crippen LogP contribution in [0.5, 0.6) is 0 Å². The monoisotopic (exact) mass is 379 g/mol. The summed E-state index contributed by atoms with van der Waals surface area (Å²) < 4.78 is 5.80. The minimum absolute atomic E-state index is 0.0564. The van der Waals surface area contributed by atoms with Gasteiger partial charge in [0, 0.05) is 48.2 Å². The molecule has 0 unspecified atom stereocenters. The van der Waals surface area contributed by atoms with E-state index in [1.807, 2.05) is 18.2 Å². The minimum atomic E-state index is -0.699. The number of benzene rings is 1. The average Bonchev–Trinajstić information content (AvgIpc) is 2.72. The van der Waals surface area contributed by atoms with Gasteiger partial charge in [0.1, 0.15) is 11.1 Å². The van der Waals surface area contributed by atoms with Crippen LogP contribution in [0.4, 0.5) is 5.69 Å². The van der Waals surface area contributed by atoms with Crippen molar-refractivity contribution in [2.24, 2.45) is 10.8 Å². The SMILES string of the molecule is CCN(CC)c1ccc2cc(C(N)=O)c(=NNC(=O)c3ccncc3)oc2c1. The molecule has 1 aromatic carbocycles. The van der Waals surface area contributed by atoms with Crippen LogP contribution in [-0.4, -0.2) is 29.9 Å². The van der Waals surface area contributed by atoms with E-state index in [-0.39, 0.29) is 11.1 Å². The maximum absolute atomic E-state index is 12.2. The molecule has 0 aliphatic carbocycles. The first kappa shape index (κ1) is 19.1. The van der Waals surface area contributed by atoms with Gasteiger partial charge in [0.05, 0.1) is 0 Å². The summed E-state index contributed by atoms with van der Waals surface area (Å²) in [6, 6.07) is 10.4. The zero-order valence-corrected chi connectivity index (χ0v) is 15.7. The van der Waals surface area contributed by atoms with Gasteiger partial charge in [-0.15, -0.1) is 5.10 Å². The predicted octanol–water partition coefficient (Wildman–Crippen LogP) is 2.02. The van der Waals surface area contributed by atoms with Crippen LogP contribution in [0.25, 0.3) is 11.0 Å². The highest BCUT2D eigenvalue weighted by Gasteiger charge is 2.12. The Labute approximate surface area is 161 Å². The molecule has 0 spiro atoms. The van der Waals surface area contributed by atoms with Crippen molar-refractivity contribution < 1.29 is 14.0 Å². The van der Waals surface area contributed by atoms with Crippen LogP contribution < -0.4 is 21.6 Å². The maximum Gasteiger partial charge on any atom is 0.271 e. The van der Waals surface area contributed by atoms with E-state index in [0.29, 0.717) is 16.5 Å². The molecule has 0 fully saturated rings. The van der Waals surface area contributed by atoms with Gasteiger partial charge in [-0.2, -0.15) is 0 Å². The minimum Gasteiger partial charge on any atom is -0.436 e. The molecule has 2 aromatic heterocycles. The molecule has 3 aromatic rings. The second-order valence-corrected chi connectivity index (χ2v) is 6.01. The van der Waals surface area contributed by atoms with Gasteiger partial charge in [-0.25, -0.2) is 5.43 Å². The summed E-state index contributed by atoms with van der Waals surface area (Å²) >= 11 is 0. The van der Waals surface area contributed by atoms with Crippen molar-refractivity contribution >= 4 is 28.5 Å². The van der Waals surface area contributed by atoms with Crippen LogP contribution in [0.1, 0.15) is 34.6 Å². The van der Waals surface area contributed by atoms with Crippen molar-refractivity contribution in [2.75, 3.05) is 18.0 Å². The number of primary amides is 1. The molecule has 0 aliphatic heterocycles. The zero-order valence-electron chi connectivity index (χ0n) is 15.7. The molecule has 8 nitrogen and oxygen atoms in total. The van der Waals surface area contributed by atoms with Gasteiger partial charge in [0.15, 0.2) is 0 Å². The number of fused-ring (bicyclic) bond motifs is 1. The normalized spacial score (nSPS) is 11.4. The van der Waals surface area contributed by atoms with Gasteiger partial charge < -0.3 is 15.1 Å². The fourth-order valence-electron chi connectivity index (χ4n) is 2.82. The molecule has 144 valence electrons. The molecule has 0 aliphatic rings. The van der Waals surface area contributed by atoms with Gasteiger partial charge in [-0.05, 0) is 44.2 Å². The lowest BCUT2D eigenvalue weighted by atomic mass is 10.1. The third-order valence-electron chi connectivity index (χ3n) is 4.33. The van der Waals surface area contributed by atoms with E-state index in [9.17, 15) is 9.59 Å². The first-order valence-electron chi connectivity index (χ1n) is 8.90. The number of nitrogens with zero attached hydrogens (tertiary/aromatic N) is 3. The fraction of sp³-hybridized carbons (Fsp3) is 0.200. The summed E-state index contributed by atoms with van der Waals surface area (Å²) in [5.74, 6) is -1.15. The van der Waals surface area contributed by atoms with Crippen LogP contribution >= 0.6 is 0 Å². The molecular formula is C20H21N5O3. The summed E-state index contributed by atoms with van der Waals surface area (Å²) in [5, 5.41) is 4.68. The molecule has 0 radical (unpaired) electrons. The highest BCUT2D eigenvalue weighted by atomic mass is 16.3. The Balaban J connectivity index is 2.04. The number of nitrogens with one attached hydrogen (secondary N) is 1. The highest BCUT2D eigenvalue weighted by molar-refractivity contribution is 5.96. The molecule has 28 heavy (non-hydrogen) atoms. The van der Waals surface area contributed by atoms with E-state index < -0.39 is 11.8 Å². The Morgan fingerprint density at radius 3 is 2.50 bits per heavy atom. The number of amides is 2. The maximum atomic E-state index is 12.2. The van der Waals surface area contributed by atoms with E-state index in [4.69, 9.17) is 10.2 Å². The van der Waals surface area contributed by atoms with Crippen molar-refractivity contribution in [1.82, 2.24) is 10.4 Å². The van der Waals surface area contributed by atoms with Gasteiger partial charge in [-0.3, -0.25) is 14.6 Å². The molecule has 2 amide bonds. The third-order valence-corrected chi connectivity index (χ3v) is 4.33. The second kappa shape index (κ2) is 8.34. The molecule has 8 heteroatoms. The molecule has 0 saturated carbocycles. The number of rotatable bonds is 6. The first-order chi connectivity index (χ1) is 13.5. The number of hydrogen-bond donors (Lipinski definition) is 2. The van der Waals surface area contributed by atoms with Gasteiger partial charge in [-0.1, -0.05) is 0 Å². The molecule has 3 rings (SSSR count). The topological polar surface area (TPSA) is 114 Å². The van der Waals surface area contributed by atoms with E-state index in [0.717, 1.165) is 18.8 Å². The lowest BCUT2D eigenvalue weighted by Gasteiger charge is -2.21. The number of aromatic nitrogens is 1. The second-order valence-electron chi connectivity index (χ2n) is 6.01. The Kier molecular flexibility index (Phi) is 5.69.